The molecule has 0 aliphatic carbocycles. The van der Waals surface area contributed by atoms with Crippen molar-refractivity contribution in [3.8, 4) is 0 Å². The molecule has 2 aliphatic heterocycles. The number of alkyl halides is 2. The van der Waals surface area contributed by atoms with Crippen molar-refractivity contribution in [3.05, 3.63) is 85.9 Å². The van der Waals surface area contributed by atoms with E-state index in [1.807, 2.05) is 35.2 Å². The number of nitrogens with zero attached hydrogens (tertiary/aromatic N) is 3. The van der Waals surface area contributed by atoms with Gasteiger partial charge in [-0.2, -0.15) is 16.9 Å². The van der Waals surface area contributed by atoms with E-state index in [1.165, 1.54) is 6.07 Å². The molecular formula is C25H23F3N4O2S. The van der Waals surface area contributed by atoms with Crippen LogP contribution >= 0.6 is 11.8 Å². The molecule has 1 N–H and O–H groups in total. The SMILES string of the molecule is O=c1c(N2CCSCC2)c(N(Cc2ccc(C3=NNC(C(F)F)C3)cc2F)c2ccccc2)c1=O. The van der Waals surface area contributed by atoms with Gasteiger partial charge in [-0.1, -0.05) is 30.3 Å². The van der Waals surface area contributed by atoms with Gasteiger partial charge in [0.15, 0.2) is 0 Å². The molecule has 35 heavy (non-hydrogen) atoms. The minimum absolute atomic E-state index is 0.00751. The highest BCUT2D eigenvalue weighted by atomic mass is 32.2. The first-order valence-corrected chi connectivity index (χ1v) is 12.5. The molecule has 0 aromatic heterocycles. The van der Waals surface area contributed by atoms with Gasteiger partial charge in [0.25, 0.3) is 17.3 Å². The third kappa shape index (κ3) is 4.54. The van der Waals surface area contributed by atoms with E-state index in [0.717, 1.165) is 11.5 Å². The summed E-state index contributed by atoms with van der Waals surface area (Å²) < 4.78 is 41.1. The van der Waals surface area contributed by atoms with Crippen molar-refractivity contribution >= 4 is 34.5 Å². The van der Waals surface area contributed by atoms with Gasteiger partial charge >= 0.3 is 0 Å². The molecule has 2 heterocycles. The van der Waals surface area contributed by atoms with Crippen molar-refractivity contribution in [2.24, 2.45) is 5.10 Å². The molecule has 1 saturated heterocycles. The van der Waals surface area contributed by atoms with Gasteiger partial charge in [0, 0.05) is 47.8 Å². The standard InChI is InChI=1S/C25H23F3N4O2S/c26-18-12-15(19-13-20(25(27)28)30-29-19)6-7-16(18)14-32(17-4-2-1-3-5-17)22-21(23(33)24(22)34)31-8-10-35-11-9-31/h1-7,12,20,25,30H,8-11,13-14H2. The quantitative estimate of drug-likeness (QED) is 0.500. The first kappa shape index (κ1) is 23.5. The molecule has 10 heteroatoms. The zero-order valence-corrected chi connectivity index (χ0v) is 19.5. The van der Waals surface area contributed by atoms with E-state index < -0.39 is 29.1 Å². The maximum atomic E-state index is 15.2. The Labute approximate surface area is 204 Å². The van der Waals surface area contributed by atoms with E-state index in [4.69, 9.17) is 0 Å². The molecule has 2 aliphatic rings. The molecule has 1 atom stereocenters. The second-order valence-electron chi connectivity index (χ2n) is 8.52. The van der Waals surface area contributed by atoms with Crippen LogP contribution in [-0.4, -0.2) is 42.8 Å². The van der Waals surface area contributed by atoms with E-state index in [0.29, 0.717) is 41.3 Å². The molecule has 0 bridgehead atoms. The van der Waals surface area contributed by atoms with Crippen LogP contribution in [0.5, 0.6) is 0 Å². The van der Waals surface area contributed by atoms with E-state index >= 15 is 4.39 Å². The van der Waals surface area contributed by atoms with Crippen molar-refractivity contribution in [1.29, 1.82) is 0 Å². The third-order valence-electron chi connectivity index (χ3n) is 6.32. The fourth-order valence-electron chi connectivity index (χ4n) is 4.42. The molecular weight excluding hydrogens is 477 g/mol. The highest BCUT2D eigenvalue weighted by Gasteiger charge is 2.32. The number of hydrogen-bond donors (Lipinski definition) is 1. The summed E-state index contributed by atoms with van der Waals surface area (Å²) in [4.78, 5) is 28.9. The topological polar surface area (TPSA) is 65.0 Å². The molecule has 6 nitrogen and oxygen atoms in total. The Morgan fingerprint density at radius 3 is 2.49 bits per heavy atom. The normalized spacial score (nSPS) is 18.1. The molecule has 3 aromatic rings. The zero-order valence-electron chi connectivity index (χ0n) is 18.7. The second kappa shape index (κ2) is 9.77. The first-order chi connectivity index (χ1) is 16.9. The van der Waals surface area contributed by atoms with Crippen molar-refractivity contribution in [2.75, 3.05) is 34.4 Å². The Morgan fingerprint density at radius 1 is 1.09 bits per heavy atom. The fourth-order valence-corrected chi connectivity index (χ4v) is 5.32. The minimum atomic E-state index is -2.57. The summed E-state index contributed by atoms with van der Waals surface area (Å²) in [5.74, 6) is 1.19. The minimum Gasteiger partial charge on any atom is -0.365 e. The number of anilines is 3. The number of para-hydroxylation sites is 1. The van der Waals surface area contributed by atoms with Crippen LogP contribution in [0.3, 0.4) is 0 Å². The van der Waals surface area contributed by atoms with Crippen LogP contribution in [0.25, 0.3) is 0 Å². The largest absolute Gasteiger partial charge is 0.365 e. The summed E-state index contributed by atoms with van der Waals surface area (Å²) in [5, 5.41) is 3.93. The average Bonchev–Trinajstić information content (AvgIpc) is 3.38. The summed E-state index contributed by atoms with van der Waals surface area (Å²) in [6, 6.07) is 12.5. The Bertz CT molecular complexity index is 1320. The summed E-state index contributed by atoms with van der Waals surface area (Å²) >= 11 is 1.80. The monoisotopic (exact) mass is 500 g/mol. The number of hydrogen-bond acceptors (Lipinski definition) is 7. The summed E-state index contributed by atoms with van der Waals surface area (Å²) in [6.45, 7) is 1.37. The van der Waals surface area contributed by atoms with E-state index in [2.05, 4.69) is 10.5 Å². The van der Waals surface area contributed by atoms with Gasteiger partial charge in [-0.15, -0.1) is 0 Å². The zero-order chi connectivity index (χ0) is 24.5. The second-order valence-corrected chi connectivity index (χ2v) is 9.74. The van der Waals surface area contributed by atoms with Crippen molar-refractivity contribution in [1.82, 2.24) is 5.43 Å². The highest BCUT2D eigenvalue weighted by Crippen LogP contribution is 2.34. The van der Waals surface area contributed by atoms with Crippen LogP contribution < -0.4 is 26.1 Å². The average molecular weight is 501 g/mol. The lowest BCUT2D eigenvalue weighted by Gasteiger charge is -2.35. The maximum Gasteiger partial charge on any atom is 0.260 e. The van der Waals surface area contributed by atoms with Gasteiger partial charge < -0.3 is 15.2 Å². The van der Waals surface area contributed by atoms with Crippen LogP contribution in [0.1, 0.15) is 17.5 Å². The first-order valence-electron chi connectivity index (χ1n) is 11.3. The van der Waals surface area contributed by atoms with Gasteiger partial charge in [-0.25, -0.2) is 13.2 Å². The van der Waals surface area contributed by atoms with E-state index in [-0.39, 0.29) is 18.7 Å². The van der Waals surface area contributed by atoms with Crippen LogP contribution in [-0.2, 0) is 6.54 Å². The Balaban J connectivity index is 1.46. The van der Waals surface area contributed by atoms with Crippen LogP contribution in [0.2, 0.25) is 0 Å². The summed E-state index contributed by atoms with van der Waals surface area (Å²) in [5.41, 5.74) is 3.74. The summed E-state index contributed by atoms with van der Waals surface area (Å²) in [7, 11) is 0. The molecule has 182 valence electrons. The van der Waals surface area contributed by atoms with Gasteiger partial charge in [0.05, 0.1) is 12.3 Å². The highest BCUT2D eigenvalue weighted by molar-refractivity contribution is 7.99. The third-order valence-corrected chi connectivity index (χ3v) is 7.27. The van der Waals surface area contributed by atoms with E-state index in [1.54, 1.807) is 28.8 Å². The maximum absolute atomic E-state index is 15.2. The van der Waals surface area contributed by atoms with Gasteiger partial charge in [0.1, 0.15) is 23.2 Å². The Hall–Kier alpha value is -3.27. The molecule has 5 rings (SSSR count). The summed E-state index contributed by atoms with van der Waals surface area (Å²) in [6.07, 6.45) is -2.56. The molecule has 1 unspecified atom stereocenters. The van der Waals surface area contributed by atoms with Crippen LogP contribution in [0.15, 0.2) is 63.2 Å². The Kier molecular flexibility index (Phi) is 6.55. The number of hydrazone groups is 1. The fraction of sp³-hybridized carbons (Fsp3) is 0.320. The predicted molar refractivity (Wildman–Crippen MR) is 134 cm³/mol. The molecule has 0 radical (unpaired) electrons. The molecule has 3 aromatic carbocycles. The van der Waals surface area contributed by atoms with Crippen LogP contribution in [0.4, 0.5) is 30.2 Å². The van der Waals surface area contributed by atoms with Gasteiger partial charge in [-0.3, -0.25) is 9.59 Å². The number of halogens is 3. The number of nitrogens with one attached hydrogen (secondary N) is 1. The van der Waals surface area contributed by atoms with Crippen molar-refractivity contribution < 1.29 is 13.2 Å². The van der Waals surface area contributed by atoms with E-state index in [9.17, 15) is 18.4 Å². The van der Waals surface area contributed by atoms with Crippen molar-refractivity contribution in [3.63, 3.8) is 0 Å². The lowest BCUT2D eigenvalue weighted by molar-refractivity contribution is 0.106. The smallest absolute Gasteiger partial charge is 0.260 e. The molecule has 1 fully saturated rings. The molecule has 0 spiro atoms. The predicted octanol–water partition coefficient (Wildman–Crippen LogP) is 3.64. The van der Waals surface area contributed by atoms with Gasteiger partial charge in [0.2, 0.25) is 0 Å². The van der Waals surface area contributed by atoms with Crippen LogP contribution in [0, 0.1) is 5.82 Å². The number of benzene rings is 2. The molecule has 0 saturated carbocycles. The number of thioether (sulfide) groups is 1. The lowest BCUT2D eigenvalue weighted by atomic mass is 10.0. The molecule has 0 amide bonds. The van der Waals surface area contributed by atoms with Gasteiger partial charge in [-0.05, 0) is 18.2 Å². The Morgan fingerprint density at radius 2 is 1.83 bits per heavy atom. The number of rotatable bonds is 7. The lowest BCUT2D eigenvalue weighted by Crippen LogP contribution is -2.47. The van der Waals surface area contributed by atoms with Crippen molar-refractivity contribution in [2.45, 2.75) is 25.4 Å².